The van der Waals surface area contributed by atoms with Crippen molar-refractivity contribution in [2.75, 3.05) is 13.2 Å². The van der Waals surface area contributed by atoms with Crippen LogP contribution in [0.1, 0.15) is 213 Å². The first-order chi connectivity index (χ1) is 33.3. The lowest BCUT2D eigenvalue weighted by Crippen LogP contribution is -2.60. The molecule has 0 aromatic heterocycles. The van der Waals surface area contributed by atoms with Crippen molar-refractivity contribution in [3.63, 3.8) is 0 Å². The monoisotopic (exact) mass is 952 g/mol. The van der Waals surface area contributed by atoms with E-state index in [2.05, 4.69) is 104 Å². The number of aliphatic hydroxyl groups is 5. The molecule has 0 bridgehead atoms. The second kappa shape index (κ2) is 47.8. The zero-order valence-corrected chi connectivity index (χ0v) is 43.1. The van der Waals surface area contributed by atoms with Crippen molar-refractivity contribution in [3.05, 3.63) is 97.2 Å². The first-order valence-electron chi connectivity index (χ1n) is 27.5. The van der Waals surface area contributed by atoms with Gasteiger partial charge >= 0.3 is 0 Å². The summed E-state index contributed by atoms with van der Waals surface area (Å²) in [5, 5.41) is 54.4. The van der Waals surface area contributed by atoms with Gasteiger partial charge in [0.25, 0.3) is 0 Å². The van der Waals surface area contributed by atoms with E-state index in [0.717, 1.165) is 96.3 Å². The third-order valence-electron chi connectivity index (χ3n) is 12.4. The van der Waals surface area contributed by atoms with E-state index in [9.17, 15) is 30.3 Å². The SMILES string of the molecule is CC/C=C\C/C=C\C/C=C\C/C=C\C/C=C\C/C=C\C/C=C\CCCCCCCCCC(=O)NC(COC1OC(CO)C(O)C(O)C1O)C(O)/C=C/CCCCCCCCCCCCCCCC. The van der Waals surface area contributed by atoms with Gasteiger partial charge in [-0.2, -0.15) is 0 Å². The molecule has 0 aromatic rings. The van der Waals surface area contributed by atoms with E-state index in [4.69, 9.17) is 9.47 Å². The Balaban J connectivity index is 2.26. The van der Waals surface area contributed by atoms with Crippen LogP contribution in [-0.2, 0) is 14.3 Å². The summed E-state index contributed by atoms with van der Waals surface area (Å²) in [5.74, 6) is -0.192. The maximum Gasteiger partial charge on any atom is 0.220 e. The van der Waals surface area contributed by atoms with Gasteiger partial charge in [-0.25, -0.2) is 0 Å². The van der Waals surface area contributed by atoms with Crippen molar-refractivity contribution < 1.29 is 39.8 Å². The van der Waals surface area contributed by atoms with Crippen LogP contribution in [0.2, 0.25) is 0 Å². The minimum absolute atomic E-state index is 0.192. The zero-order chi connectivity index (χ0) is 49.4. The van der Waals surface area contributed by atoms with Crippen LogP contribution >= 0.6 is 0 Å². The van der Waals surface area contributed by atoms with Gasteiger partial charge < -0.3 is 40.3 Å². The maximum atomic E-state index is 13.0. The minimum atomic E-state index is -1.57. The molecule has 0 radical (unpaired) electrons. The molecule has 9 heteroatoms. The average Bonchev–Trinajstić information content (AvgIpc) is 3.34. The first-order valence-corrected chi connectivity index (χ1v) is 27.5. The van der Waals surface area contributed by atoms with Crippen molar-refractivity contribution in [1.82, 2.24) is 5.32 Å². The highest BCUT2D eigenvalue weighted by atomic mass is 16.7. The van der Waals surface area contributed by atoms with Crippen LogP contribution in [0.4, 0.5) is 0 Å². The molecule has 68 heavy (non-hydrogen) atoms. The Hall–Kier alpha value is -2.89. The van der Waals surface area contributed by atoms with E-state index in [0.29, 0.717) is 6.42 Å². The number of nitrogens with one attached hydrogen (secondary N) is 1. The molecule has 7 atom stereocenters. The van der Waals surface area contributed by atoms with E-state index < -0.39 is 49.5 Å². The van der Waals surface area contributed by atoms with Gasteiger partial charge in [-0.05, 0) is 77.0 Å². The third kappa shape index (κ3) is 37.0. The first kappa shape index (κ1) is 63.1. The van der Waals surface area contributed by atoms with E-state index in [-0.39, 0.29) is 12.5 Å². The predicted octanol–water partition coefficient (Wildman–Crippen LogP) is 13.2. The van der Waals surface area contributed by atoms with Gasteiger partial charge in [0.15, 0.2) is 6.29 Å². The predicted molar refractivity (Wildman–Crippen MR) is 285 cm³/mol. The third-order valence-corrected chi connectivity index (χ3v) is 12.4. The fourth-order valence-electron chi connectivity index (χ4n) is 8.08. The molecular weight excluding hydrogens is 851 g/mol. The van der Waals surface area contributed by atoms with Gasteiger partial charge in [-0.15, -0.1) is 0 Å². The van der Waals surface area contributed by atoms with Gasteiger partial charge in [0.2, 0.25) is 5.91 Å². The molecule has 1 fully saturated rings. The Morgan fingerprint density at radius 3 is 1.35 bits per heavy atom. The number of carbonyl (C=O) groups excluding carboxylic acids is 1. The molecule has 0 saturated carbocycles. The summed E-state index contributed by atoms with van der Waals surface area (Å²) in [4.78, 5) is 13.0. The van der Waals surface area contributed by atoms with Gasteiger partial charge in [0.1, 0.15) is 24.4 Å². The van der Waals surface area contributed by atoms with E-state index in [1.54, 1.807) is 6.08 Å². The maximum absolute atomic E-state index is 13.0. The zero-order valence-electron chi connectivity index (χ0n) is 43.1. The molecular formula is C59H101NO8. The smallest absolute Gasteiger partial charge is 0.220 e. The summed E-state index contributed by atoms with van der Waals surface area (Å²) >= 11 is 0. The van der Waals surface area contributed by atoms with Crippen LogP contribution in [0.25, 0.3) is 0 Å². The average molecular weight is 952 g/mol. The summed E-state index contributed by atoms with van der Waals surface area (Å²) in [7, 11) is 0. The van der Waals surface area contributed by atoms with Crippen molar-refractivity contribution in [1.29, 1.82) is 0 Å². The van der Waals surface area contributed by atoms with Crippen molar-refractivity contribution >= 4 is 5.91 Å². The topological polar surface area (TPSA) is 149 Å². The van der Waals surface area contributed by atoms with Crippen LogP contribution in [0.15, 0.2) is 97.2 Å². The van der Waals surface area contributed by atoms with Crippen LogP contribution in [0.5, 0.6) is 0 Å². The molecule has 1 heterocycles. The Morgan fingerprint density at radius 1 is 0.515 bits per heavy atom. The fraction of sp³-hybridized carbons (Fsp3) is 0.712. The highest BCUT2D eigenvalue weighted by molar-refractivity contribution is 5.76. The van der Waals surface area contributed by atoms with Crippen LogP contribution < -0.4 is 5.32 Å². The van der Waals surface area contributed by atoms with Gasteiger partial charge in [-0.3, -0.25) is 4.79 Å². The lowest BCUT2D eigenvalue weighted by molar-refractivity contribution is -0.302. The molecule has 7 unspecified atom stereocenters. The largest absolute Gasteiger partial charge is 0.394 e. The Labute approximate surface area is 415 Å². The number of allylic oxidation sites excluding steroid dienone is 15. The molecule has 0 aliphatic carbocycles. The Bertz CT molecular complexity index is 1380. The van der Waals surface area contributed by atoms with Gasteiger partial charge in [0.05, 0.1) is 25.4 Å². The fourth-order valence-corrected chi connectivity index (χ4v) is 8.08. The number of carbonyl (C=O) groups is 1. The molecule has 1 rings (SSSR count). The summed E-state index contributed by atoms with van der Waals surface area (Å²) in [5.41, 5.74) is 0. The van der Waals surface area contributed by atoms with E-state index in [1.165, 1.54) is 96.3 Å². The van der Waals surface area contributed by atoms with Gasteiger partial charge in [-0.1, -0.05) is 227 Å². The molecule has 0 aromatic carbocycles. The molecule has 390 valence electrons. The molecule has 1 aliphatic rings. The highest BCUT2D eigenvalue weighted by Gasteiger charge is 2.44. The summed E-state index contributed by atoms with van der Waals surface area (Å²) < 4.78 is 11.2. The molecule has 1 saturated heterocycles. The Morgan fingerprint density at radius 2 is 0.912 bits per heavy atom. The lowest BCUT2D eigenvalue weighted by atomic mass is 9.99. The number of ether oxygens (including phenoxy) is 2. The molecule has 0 spiro atoms. The number of rotatable bonds is 45. The van der Waals surface area contributed by atoms with Crippen molar-refractivity contribution in [2.45, 2.75) is 256 Å². The summed E-state index contributed by atoms with van der Waals surface area (Å²) in [6.07, 6.45) is 61.7. The number of aliphatic hydroxyl groups excluding tert-OH is 5. The van der Waals surface area contributed by atoms with Gasteiger partial charge in [0, 0.05) is 6.42 Å². The second-order valence-corrected chi connectivity index (χ2v) is 18.6. The standard InChI is InChI=1S/C59H101NO8/c1-3-5-7-9-11-13-15-17-19-21-22-23-24-25-26-27-28-29-30-31-32-33-35-37-39-41-43-45-47-49-55(63)60-52(51-67-59-58(66)57(65)56(64)54(50-61)68-59)53(62)48-46-44-42-40-38-36-34-20-18-16-14-12-10-8-6-4-2/h5,7,11,13,17,19,22-23,25-26,28-29,31-32,46,48,52-54,56-59,61-62,64-66H,3-4,6,8-10,12,14-16,18,20-21,24,27,30,33-45,47,49-51H2,1-2H3,(H,60,63)/b7-5-,13-11-,19-17-,23-22-,26-25-,29-28-,32-31-,48-46+. The molecule has 1 aliphatic heterocycles. The summed E-state index contributed by atoms with van der Waals surface area (Å²) in [6.45, 7) is 3.65. The number of hydrogen-bond donors (Lipinski definition) is 6. The highest BCUT2D eigenvalue weighted by Crippen LogP contribution is 2.23. The lowest BCUT2D eigenvalue weighted by Gasteiger charge is -2.40. The van der Waals surface area contributed by atoms with E-state index >= 15 is 0 Å². The second-order valence-electron chi connectivity index (χ2n) is 18.6. The number of hydrogen-bond acceptors (Lipinski definition) is 8. The number of amides is 1. The van der Waals surface area contributed by atoms with Crippen LogP contribution in [0, 0.1) is 0 Å². The Kier molecular flexibility index (Phi) is 44.3. The minimum Gasteiger partial charge on any atom is -0.394 e. The molecule has 6 N–H and O–H groups in total. The molecule has 9 nitrogen and oxygen atoms in total. The number of unbranched alkanes of at least 4 members (excludes halogenated alkanes) is 21. The molecule has 1 amide bonds. The normalized spacial score (nSPS) is 20.4. The van der Waals surface area contributed by atoms with Crippen LogP contribution in [0.3, 0.4) is 0 Å². The van der Waals surface area contributed by atoms with Crippen molar-refractivity contribution in [3.8, 4) is 0 Å². The summed E-state index contributed by atoms with van der Waals surface area (Å²) in [6, 6.07) is -0.817. The quantitative estimate of drug-likeness (QED) is 0.0261. The van der Waals surface area contributed by atoms with Crippen LogP contribution in [-0.4, -0.2) is 87.5 Å². The van der Waals surface area contributed by atoms with Crippen molar-refractivity contribution in [2.24, 2.45) is 0 Å². The van der Waals surface area contributed by atoms with E-state index in [1.807, 2.05) is 6.08 Å².